The first-order valence-electron chi connectivity index (χ1n) is 9.49. The van der Waals surface area contributed by atoms with Crippen molar-refractivity contribution in [3.63, 3.8) is 0 Å². The second-order valence-corrected chi connectivity index (χ2v) is 8.90. The molecular weight excluding hydrogens is 394 g/mol. The van der Waals surface area contributed by atoms with Gasteiger partial charge in [0, 0.05) is 46.7 Å². The molecule has 0 atom stereocenters. The van der Waals surface area contributed by atoms with Crippen molar-refractivity contribution < 1.29 is 4.90 Å². The van der Waals surface area contributed by atoms with Gasteiger partial charge in [-0.1, -0.05) is 41.9 Å². The predicted molar refractivity (Wildman–Crippen MR) is 120 cm³/mol. The number of benzene rings is 2. The van der Waals surface area contributed by atoms with Gasteiger partial charge >= 0.3 is 0 Å². The predicted octanol–water partition coefficient (Wildman–Crippen LogP) is 3.14. The van der Waals surface area contributed by atoms with Crippen LogP contribution >= 0.6 is 35.6 Å². The van der Waals surface area contributed by atoms with Crippen molar-refractivity contribution in [3.8, 4) is 0 Å². The van der Waals surface area contributed by atoms with E-state index in [2.05, 4.69) is 53.1 Å². The minimum Gasteiger partial charge on any atom is -0.362 e. The Hall–Kier alpha value is -1.27. The zero-order chi connectivity index (χ0) is 18.9. The standard InChI is InChI=1S/C21H26ClN3S2/c22-18-6-8-20(9-7-18)27-15-12-23-21(26)24-19-10-13-25(14-11-19)16-17-4-2-1-3-5-17/h1-9,19H,10-16H2,(H2,23,24,26)/p+1. The van der Waals surface area contributed by atoms with Crippen molar-refractivity contribution in [1.29, 1.82) is 0 Å². The molecule has 0 saturated carbocycles. The maximum absolute atomic E-state index is 5.91. The highest BCUT2D eigenvalue weighted by Crippen LogP contribution is 2.19. The average molecular weight is 421 g/mol. The summed E-state index contributed by atoms with van der Waals surface area (Å²) in [7, 11) is 0. The van der Waals surface area contributed by atoms with E-state index in [9.17, 15) is 0 Å². The molecule has 2 aromatic rings. The largest absolute Gasteiger partial charge is 0.362 e. The number of hydrogen-bond acceptors (Lipinski definition) is 2. The van der Waals surface area contributed by atoms with Gasteiger partial charge in [0.2, 0.25) is 0 Å². The maximum atomic E-state index is 5.91. The Morgan fingerprint density at radius 2 is 1.78 bits per heavy atom. The molecule has 3 nitrogen and oxygen atoms in total. The van der Waals surface area contributed by atoms with Crippen LogP contribution < -0.4 is 15.5 Å². The first kappa shape index (κ1) is 20.5. The van der Waals surface area contributed by atoms with Gasteiger partial charge in [-0.05, 0) is 36.5 Å². The Morgan fingerprint density at radius 3 is 2.48 bits per heavy atom. The second-order valence-electron chi connectivity index (χ2n) is 6.89. The molecule has 0 unspecified atom stereocenters. The molecule has 0 amide bonds. The second kappa shape index (κ2) is 10.9. The lowest BCUT2D eigenvalue weighted by Crippen LogP contribution is -3.12. The molecule has 1 aliphatic heterocycles. The zero-order valence-electron chi connectivity index (χ0n) is 15.4. The molecule has 6 heteroatoms. The van der Waals surface area contributed by atoms with E-state index in [0.29, 0.717) is 6.04 Å². The Bertz CT molecular complexity index is 701. The van der Waals surface area contributed by atoms with Crippen LogP contribution in [0, 0.1) is 0 Å². The molecule has 144 valence electrons. The van der Waals surface area contributed by atoms with Crippen LogP contribution in [-0.4, -0.2) is 36.5 Å². The van der Waals surface area contributed by atoms with Crippen LogP contribution in [-0.2, 0) is 6.54 Å². The first-order valence-corrected chi connectivity index (χ1v) is 11.3. The highest BCUT2D eigenvalue weighted by atomic mass is 35.5. The third-order valence-electron chi connectivity index (χ3n) is 4.79. The fraction of sp³-hybridized carbons (Fsp3) is 0.381. The molecular formula is C21H27ClN3S2+. The van der Waals surface area contributed by atoms with Gasteiger partial charge in [-0.15, -0.1) is 11.8 Å². The summed E-state index contributed by atoms with van der Waals surface area (Å²) in [4.78, 5) is 2.89. The van der Waals surface area contributed by atoms with E-state index >= 15 is 0 Å². The Labute approximate surface area is 176 Å². The summed E-state index contributed by atoms with van der Waals surface area (Å²) in [5, 5.41) is 8.38. The Balaban J connectivity index is 1.28. The summed E-state index contributed by atoms with van der Waals surface area (Å²) in [6.07, 6.45) is 2.34. The van der Waals surface area contributed by atoms with E-state index < -0.39 is 0 Å². The monoisotopic (exact) mass is 420 g/mol. The molecule has 0 aliphatic carbocycles. The summed E-state index contributed by atoms with van der Waals surface area (Å²) in [6, 6.07) is 19.2. The fourth-order valence-corrected chi connectivity index (χ4v) is 4.50. The number of piperidine rings is 1. The minimum absolute atomic E-state index is 0.494. The van der Waals surface area contributed by atoms with Gasteiger partial charge in [-0.2, -0.15) is 0 Å². The van der Waals surface area contributed by atoms with E-state index in [0.717, 1.165) is 29.0 Å². The number of likely N-dealkylation sites (tertiary alicyclic amines) is 1. The van der Waals surface area contributed by atoms with Crippen molar-refractivity contribution in [3.05, 3.63) is 65.2 Å². The van der Waals surface area contributed by atoms with Crippen molar-refractivity contribution in [2.45, 2.75) is 30.3 Å². The van der Waals surface area contributed by atoms with Crippen LogP contribution in [0.25, 0.3) is 0 Å². The van der Waals surface area contributed by atoms with Gasteiger partial charge in [-0.25, -0.2) is 0 Å². The van der Waals surface area contributed by atoms with Crippen molar-refractivity contribution in [1.82, 2.24) is 10.6 Å². The minimum atomic E-state index is 0.494. The molecule has 0 radical (unpaired) electrons. The van der Waals surface area contributed by atoms with Crippen LogP contribution in [0.2, 0.25) is 5.02 Å². The van der Waals surface area contributed by atoms with E-state index in [1.807, 2.05) is 12.1 Å². The Kier molecular flexibility index (Phi) is 8.27. The number of hydrogen-bond donors (Lipinski definition) is 3. The molecule has 1 aliphatic rings. The summed E-state index contributed by atoms with van der Waals surface area (Å²) in [5.74, 6) is 0.975. The van der Waals surface area contributed by atoms with Crippen molar-refractivity contribution >= 4 is 40.7 Å². The molecule has 0 spiro atoms. The average Bonchev–Trinajstić information content (AvgIpc) is 2.69. The summed E-state index contributed by atoms with van der Waals surface area (Å²) in [5.41, 5.74) is 1.43. The topological polar surface area (TPSA) is 28.5 Å². The van der Waals surface area contributed by atoms with Gasteiger partial charge in [0.15, 0.2) is 5.11 Å². The molecule has 3 rings (SSSR count). The molecule has 1 heterocycles. The van der Waals surface area contributed by atoms with Gasteiger partial charge in [0.05, 0.1) is 13.1 Å². The van der Waals surface area contributed by atoms with E-state index in [1.165, 1.54) is 36.4 Å². The summed E-state index contributed by atoms with van der Waals surface area (Å²) >= 11 is 13.2. The molecule has 27 heavy (non-hydrogen) atoms. The third-order valence-corrected chi connectivity index (χ3v) is 6.32. The van der Waals surface area contributed by atoms with Crippen molar-refractivity contribution in [2.75, 3.05) is 25.4 Å². The van der Waals surface area contributed by atoms with Gasteiger partial charge in [0.1, 0.15) is 6.54 Å². The molecule has 1 saturated heterocycles. The normalized spacial score (nSPS) is 19.4. The summed E-state index contributed by atoms with van der Waals surface area (Å²) < 4.78 is 0. The fourth-order valence-electron chi connectivity index (χ4n) is 3.33. The number of thiocarbonyl (C=S) groups is 1. The lowest BCUT2D eigenvalue weighted by Gasteiger charge is -2.30. The van der Waals surface area contributed by atoms with Gasteiger partial charge < -0.3 is 15.5 Å². The third kappa shape index (κ3) is 7.34. The molecule has 0 bridgehead atoms. The first-order chi connectivity index (χ1) is 13.2. The highest BCUT2D eigenvalue weighted by Gasteiger charge is 2.22. The van der Waals surface area contributed by atoms with Gasteiger partial charge in [0.25, 0.3) is 0 Å². The number of nitrogens with one attached hydrogen (secondary N) is 3. The van der Waals surface area contributed by atoms with Crippen LogP contribution in [0.5, 0.6) is 0 Å². The molecule has 3 N–H and O–H groups in total. The van der Waals surface area contributed by atoms with E-state index in [4.69, 9.17) is 23.8 Å². The zero-order valence-corrected chi connectivity index (χ0v) is 17.8. The lowest BCUT2D eigenvalue weighted by molar-refractivity contribution is -0.918. The lowest BCUT2D eigenvalue weighted by atomic mass is 10.0. The Morgan fingerprint density at radius 1 is 1.07 bits per heavy atom. The number of halogens is 1. The van der Waals surface area contributed by atoms with E-state index in [1.54, 1.807) is 16.7 Å². The van der Waals surface area contributed by atoms with E-state index in [-0.39, 0.29) is 0 Å². The van der Waals surface area contributed by atoms with Crippen LogP contribution in [0.3, 0.4) is 0 Å². The SMILES string of the molecule is S=C(NCCSc1ccc(Cl)cc1)NC1CC[NH+](Cc2ccccc2)CC1. The smallest absolute Gasteiger partial charge is 0.166 e. The summed E-state index contributed by atoms with van der Waals surface area (Å²) in [6.45, 7) is 4.37. The number of quaternary nitrogens is 1. The number of rotatable bonds is 7. The quantitative estimate of drug-likeness (QED) is 0.364. The van der Waals surface area contributed by atoms with Gasteiger partial charge in [-0.3, -0.25) is 0 Å². The molecule has 0 aromatic heterocycles. The van der Waals surface area contributed by atoms with Crippen LogP contribution in [0.1, 0.15) is 18.4 Å². The van der Waals surface area contributed by atoms with Crippen LogP contribution in [0.15, 0.2) is 59.5 Å². The highest BCUT2D eigenvalue weighted by molar-refractivity contribution is 7.99. The van der Waals surface area contributed by atoms with Crippen LogP contribution in [0.4, 0.5) is 0 Å². The maximum Gasteiger partial charge on any atom is 0.166 e. The number of thioether (sulfide) groups is 1. The molecule has 2 aromatic carbocycles. The molecule has 1 fully saturated rings. The van der Waals surface area contributed by atoms with Crippen molar-refractivity contribution in [2.24, 2.45) is 0 Å².